The maximum absolute atomic E-state index is 10.7. The van der Waals surface area contributed by atoms with Gasteiger partial charge in [-0.05, 0) is 19.9 Å². The number of hydrogen-bond acceptors (Lipinski definition) is 4. The van der Waals surface area contributed by atoms with Crippen molar-refractivity contribution < 1.29 is 14.6 Å². The molecule has 76 valence electrons. The number of carboxylic acids is 1. The largest absolute Gasteiger partial charge is 0.478 e. The Kier molecular flexibility index (Phi) is 2.91. The SMILES string of the molecule is CC(C)Oc1nccc(C(=O)O)c1N. The van der Waals surface area contributed by atoms with Crippen molar-refractivity contribution in [2.24, 2.45) is 0 Å². The van der Waals surface area contributed by atoms with Gasteiger partial charge < -0.3 is 15.6 Å². The van der Waals surface area contributed by atoms with Crippen molar-refractivity contribution in [2.45, 2.75) is 20.0 Å². The van der Waals surface area contributed by atoms with E-state index >= 15 is 0 Å². The average Bonchev–Trinajstić information content (AvgIpc) is 2.07. The van der Waals surface area contributed by atoms with E-state index in [2.05, 4.69) is 4.98 Å². The minimum absolute atomic E-state index is 0.00986. The minimum Gasteiger partial charge on any atom is -0.478 e. The van der Waals surface area contributed by atoms with Crippen LogP contribution in [0.25, 0.3) is 0 Å². The number of aromatic nitrogens is 1. The smallest absolute Gasteiger partial charge is 0.338 e. The van der Waals surface area contributed by atoms with Crippen molar-refractivity contribution in [3.8, 4) is 5.88 Å². The summed E-state index contributed by atoms with van der Waals surface area (Å²) < 4.78 is 5.24. The number of nitrogens with two attached hydrogens (primary N) is 1. The highest BCUT2D eigenvalue weighted by Crippen LogP contribution is 2.22. The van der Waals surface area contributed by atoms with Gasteiger partial charge in [0.15, 0.2) is 0 Å². The molecule has 0 saturated carbocycles. The first kappa shape index (κ1) is 10.3. The van der Waals surface area contributed by atoms with Gasteiger partial charge in [-0.25, -0.2) is 9.78 Å². The van der Waals surface area contributed by atoms with Gasteiger partial charge in [0.05, 0.1) is 11.7 Å². The lowest BCUT2D eigenvalue weighted by Gasteiger charge is -2.11. The van der Waals surface area contributed by atoms with E-state index in [1.807, 2.05) is 13.8 Å². The third-order valence-electron chi connectivity index (χ3n) is 1.53. The molecule has 0 aliphatic rings. The van der Waals surface area contributed by atoms with Crippen LogP contribution in [0.3, 0.4) is 0 Å². The van der Waals surface area contributed by atoms with Crippen LogP contribution < -0.4 is 10.5 Å². The van der Waals surface area contributed by atoms with E-state index in [9.17, 15) is 4.79 Å². The molecule has 1 heterocycles. The van der Waals surface area contributed by atoms with Crippen LogP contribution in [0.2, 0.25) is 0 Å². The van der Waals surface area contributed by atoms with Gasteiger partial charge in [-0.3, -0.25) is 0 Å². The lowest BCUT2D eigenvalue weighted by atomic mass is 10.2. The Morgan fingerprint density at radius 1 is 1.64 bits per heavy atom. The van der Waals surface area contributed by atoms with Gasteiger partial charge in [0.1, 0.15) is 5.69 Å². The molecule has 5 heteroatoms. The summed E-state index contributed by atoms with van der Waals surface area (Å²) in [6.45, 7) is 3.63. The van der Waals surface area contributed by atoms with Gasteiger partial charge >= 0.3 is 5.97 Å². The molecule has 0 aromatic carbocycles. The molecule has 0 atom stereocenters. The van der Waals surface area contributed by atoms with Crippen molar-refractivity contribution in [1.82, 2.24) is 4.98 Å². The van der Waals surface area contributed by atoms with Crippen LogP contribution in [0, 0.1) is 0 Å². The summed E-state index contributed by atoms with van der Waals surface area (Å²) in [5.41, 5.74) is 5.64. The highest BCUT2D eigenvalue weighted by Gasteiger charge is 2.13. The zero-order chi connectivity index (χ0) is 10.7. The summed E-state index contributed by atoms with van der Waals surface area (Å²) in [6, 6.07) is 1.34. The zero-order valence-corrected chi connectivity index (χ0v) is 8.02. The molecule has 0 radical (unpaired) electrons. The molecular weight excluding hydrogens is 184 g/mol. The number of aromatic carboxylic acids is 1. The van der Waals surface area contributed by atoms with E-state index in [-0.39, 0.29) is 23.2 Å². The maximum Gasteiger partial charge on any atom is 0.338 e. The predicted octanol–water partition coefficient (Wildman–Crippen LogP) is 1.15. The molecule has 5 nitrogen and oxygen atoms in total. The number of anilines is 1. The number of hydrogen-bond donors (Lipinski definition) is 2. The monoisotopic (exact) mass is 196 g/mol. The molecule has 0 bridgehead atoms. The molecule has 1 aromatic rings. The highest BCUT2D eigenvalue weighted by molar-refractivity contribution is 5.94. The molecule has 0 unspecified atom stereocenters. The van der Waals surface area contributed by atoms with Gasteiger partial charge in [-0.1, -0.05) is 0 Å². The first-order valence-corrected chi connectivity index (χ1v) is 4.16. The van der Waals surface area contributed by atoms with Crippen molar-refractivity contribution in [3.63, 3.8) is 0 Å². The van der Waals surface area contributed by atoms with Gasteiger partial charge in [-0.15, -0.1) is 0 Å². The number of rotatable bonds is 3. The quantitative estimate of drug-likeness (QED) is 0.757. The summed E-state index contributed by atoms with van der Waals surface area (Å²) in [7, 11) is 0. The standard InChI is InChI=1S/C9H12N2O3/c1-5(2)14-8-7(10)6(9(12)13)3-4-11-8/h3-5H,10H2,1-2H3,(H,12,13). The van der Waals surface area contributed by atoms with E-state index in [0.29, 0.717) is 0 Å². The molecule has 0 spiro atoms. The lowest BCUT2D eigenvalue weighted by molar-refractivity contribution is 0.0697. The predicted molar refractivity (Wildman–Crippen MR) is 51.4 cm³/mol. The van der Waals surface area contributed by atoms with Gasteiger partial charge in [0.25, 0.3) is 0 Å². The summed E-state index contributed by atoms with van der Waals surface area (Å²) in [6.07, 6.45) is 1.27. The number of pyridine rings is 1. The van der Waals surface area contributed by atoms with Crippen LogP contribution in [0.5, 0.6) is 5.88 Å². The second-order valence-electron chi connectivity index (χ2n) is 3.05. The molecular formula is C9H12N2O3. The van der Waals surface area contributed by atoms with Crippen LogP contribution in [0.4, 0.5) is 5.69 Å². The number of carbonyl (C=O) groups is 1. The van der Waals surface area contributed by atoms with Crippen molar-refractivity contribution in [1.29, 1.82) is 0 Å². The maximum atomic E-state index is 10.7. The Morgan fingerprint density at radius 3 is 2.79 bits per heavy atom. The van der Waals surface area contributed by atoms with E-state index in [0.717, 1.165) is 0 Å². The van der Waals surface area contributed by atoms with Crippen molar-refractivity contribution in [2.75, 3.05) is 5.73 Å². The highest BCUT2D eigenvalue weighted by atomic mass is 16.5. The number of nitrogens with zero attached hydrogens (tertiary/aromatic N) is 1. The van der Waals surface area contributed by atoms with Gasteiger partial charge in [0, 0.05) is 6.20 Å². The summed E-state index contributed by atoms with van der Waals surface area (Å²) in [5, 5.41) is 8.76. The molecule has 0 amide bonds. The Balaban J connectivity index is 3.07. The van der Waals surface area contributed by atoms with Crippen molar-refractivity contribution >= 4 is 11.7 Å². The van der Waals surface area contributed by atoms with Gasteiger partial charge in [0.2, 0.25) is 5.88 Å². The number of carboxylic acid groups (broad SMARTS) is 1. The third kappa shape index (κ3) is 2.12. The van der Waals surface area contributed by atoms with E-state index in [1.165, 1.54) is 12.3 Å². The third-order valence-corrected chi connectivity index (χ3v) is 1.53. The first-order valence-electron chi connectivity index (χ1n) is 4.16. The zero-order valence-electron chi connectivity index (χ0n) is 8.02. The Bertz CT molecular complexity index is 350. The minimum atomic E-state index is -1.08. The van der Waals surface area contributed by atoms with E-state index in [4.69, 9.17) is 15.6 Å². The first-order chi connectivity index (χ1) is 6.52. The molecule has 0 aliphatic heterocycles. The fourth-order valence-electron chi connectivity index (χ4n) is 0.958. The van der Waals surface area contributed by atoms with Crippen LogP contribution in [0.15, 0.2) is 12.3 Å². The second-order valence-corrected chi connectivity index (χ2v) is 3.05. The summed E-state index contributed by atoms with van der Waals surface area (Å²) >= 11 is 0. The molecule has 14 heavy (non-hydrogen) atoms. The van der Waals surface area contributed by atoms with Crippen LogP contribution in [-0.4, -0.2) is 22.2 Å². The van der Waals surface area contributed by atoms with Crippen LogP contribution in [-0.2, 0) is 0 Å². The van der Waals surface area contributed by atoms with Gasteiger partial charge in [-0.2, -0.15) is 0 Å². The lowest BCUT2D eigenvalue weighted by Crippen LogP contribution is -2.11. The average molecular weight is 196 g/mol. The Morgan fingerprint density at radius 2 is 2.29 bits per heavy atom. The number of nitrogen functional groups attached to an aromatic ring is 1. The Hall–Kier alpha value is -1.78. The molecule has 0 saturated heterocycles. The van der Waals surface area contributed by atoms with E-state index in [1.54, 1.807) is 0 Å². The fourth-order valence-corrected chi connectivity index (χ4v) is 0.958. The molecule has 0 fully saturated rings. The summed E-state index contributed by atoms with van der Waals surface area (Å²) in [4.78, 5) is 14.5. The van der Waals surface area contributed by atoms with Crippen molar-refractivity contribution in [3.05, 3.63) is 17.8 Å². The molecule has 1 aromatic heterocycles. The molecule has 0 aliphatic carbocycles. The fraction of sp³-hybridized carbons (Fsp3) is 0.333. The summed E-state index contributed by atoms with van der Waals surface area (Å²) in [5.74, 6) is -0.918. The topological polar surface area (TPSA) is 85.4 Å². The normalized spacial score (nSPS) is 10.2. The molecule has 1 rings (SSSR count). The van der Waals surface area contributed by atoms with Crippen LogP contribution in [0.1, 0.15) is 24.2 Å². The second kappa shape index (κ2) is 3.95. The Labute approximate surface area is 81.5 Å². The van der Waals surface area contributed by atoms with E-state index < -0.39 is 5.97 Å². The number of ether oxygens (including phenoxy) is 1. The van der Waals surface area contributed by atoms with Crippen LogP contribution >= 0.6 is 0 Å². The molecule has 3 N–H and O–H groups in total.